The normalized spacial score (nSPS) is 18.3. The Kier molecular flexibility index (Phi) is 7.46. The zero-order valence-electron chi connectivity index (χ0n) is 32.4. The van der Waals surface area contributed by atoms with Gasteiger partial charge in [-0.3, -0.25) is 0 Å². The molecule has 4 radical (unpaired) electrons. The van der Waals surface area contributed by atoms with Crippen molar-refractivity contribution in [1.29, 1.82) is 0 Å². The van der Waals surface area contributed by atoms with Crippen molar-refractivity contribution in [3.8, 4) is 44.5 Å². The minimum Gasteiger partial charge on any atom is -0.0675 e. The predicted molar refractivity (Wildman–Crippen MR) is 238 cm³/mol. The minimum absolute atomic E-state index is 0.494. The minimum atomic E-state index is -0.799. The van der Waals surface area contributed by atoms with Crippen LogP contribution in [-0.4, -0.2) is 15.7 Å². The molecule has 3 aliphatic carbocycles. The van der Waals surface area contributed by atoms with E-state index < -0.39 is 16.0 Å². The molecule has 0 spiro atoms. The zero-order chi connectivity index (χ0) is 38.5. The van der Waals surface area contributed by atoms with Gasteiger partial charge in [-0.25, -0.2) is 0 Å². The van der Waals surface area contributed by atoms with Crippen LogP contribution in [0.3, 0.4) is 0 Å². The van der Waals surface area contributed by atoms with Crippen LogP contribution in [0.1, 0.15) is 69.5 Å². The topological polar surface area (TPSA) is 0 Å². The van der Waals surface area contributed by atoms with Gasteiger partial charge in [-0.2, -0.15) is 0 Å². The van der Waals surface area contributed by atoms with E-state index in [0.717, 1.165) is 24.0 Å². The van der Waals surface area contributed by atoms with Gasteiger partial charge in [0.05, 0.1) is 21.1 Å². The van der Waals surface area contributed by atoms with Crippen molar-refractivity contribution in [2.45, 2.75) is 42.7 Å². The molecule has 0 aromatic heterocycles. The van der Waals surface area contributed by atoms with Crippen LogP contribution in [0.4, 0.5) is 0 Å². The fourth-order valence-electron chi connectivity index (χ4n) is 10.6. The largest absolute Gasteiger partial charge is 0.0872 e. The van der Waals surface area contributed by atoms with Gasteiger partial charge in [-0.15, -0.1) is 0 Å². The number of hydrogen-bond donors (Lipinski definition) is 0. The van der Waals surface area contributed by atoms with E-state index in [0.29, 0.717) is 0 Å². The molecule has 0 heterocycles. The van der Waals surface area contributed by atoms with E-state index in [9.17, 15) is 0 Å². The summed E-state index contributed by atoms with van der Waals surface area (Å²) in [5.74, 6) is 0. The standard InChI is InChI=1S/C55H40B2/c1-53(2,56)55(57)50-22-11-9-18-45(50)47-30-24-36(33-52(47)55)31-35-23-29-46-44-17-8-10-21-49(44)54(51(46)32-35,39-14-4-3-5-15-39)40-27-25-37(26-28-40)41-19-12-20-43-42-16-7-6-13-38(42)34-48(41)43/h3-30,32-33H,31,34H2,1-2H3. The van der Waals surface area contributed by atoms with Gasteiger partial charge in [-0.1, -0.05) is 201 Å². The highest BCUT2D eigenvalue weighted by Gasteiger charge is 2.47. The highest BCUT2D eigenvalue weighted by Crippen LogP contribution is 2.59. The van der Waals surface area contributed by atoms with Crippen molar-refractivity contribution in [2.24, 2.45) is 0 Å². The Labute approximate surface area is 339 Å². The third-order valence-electron chi connectivity index (χ3n) is 13.4. The first-order valence-corrected chi connectivity index (χ1v) is 20.2. The summed E-state index contributed by atoms with van der Waals surface area (Å²) in [5.41, 5.74) is 22.4. The molecule has 2 heteroatoms. The third-order valence-corrected chi connectivity index (χ3v) is 13.4. The van der Waals surface area contributed by atoms with Crippen LogP contribution >= 0.6 is 0 Å². The lowest BCUT2D eigenvalue weighted by molar-refractivity contribution is 0.540. The summed E-state index contributed by atoms with van der Waals surface area (Å²) in [7, 11) is 14.3. The van der Waals surface area contributed by atoms with E-state index in [1.165, 1.54) is 89.0 Å². The van der Waals surface area contributed by atoms with Crippen LogP contribution in [0.2, 0.25) is 5.31 Å². The summed E-state index contributed by atoms with van der Waals surface area (Å²) in [6.07, 6.45) is 1.74. The molecule has 0 nitrogen and oxygen atoms in total. The molecule has 3 aliphatic rings. The smallest absolute Gasteiger partial charge is 0.0675 e. The molecule has 266 valence electrons. The average molecular weight is 723 g/mol. The molecule has 0 aliphatic heterocycles. The second-order valence-corrected chi connectivity index (χ2v) is 16.9. The van der Waals surface area contributed by atoms with Gasteiger partial charge in [0.1, 0.15) is 0 Å². The number of hydrogen-bond acceptors (Lipinski definition) is 0. The van der Waals surface area contributed by atoms with Gasteiger partial charge in [0.2, 0.25) is 0 Å². The Morgan fingerprint density at radius 1 is 0.456 bits per heavy atom. The summed E-state index contributed by atoms with van der Waals surface area (Å²) in [6, 6.07) is 67.7. The molecule has 2 atom stereocenters. The maximum Gasteiger partial charge on any atom is 0.0872 e. The summed E-state index contributed by atoms with van der Waals surface area (Å²) < 4.78 is 0. The molecule has 0 saturated carbocycles. The van der Waals surface area contributed by atoms with Crippen molar-refractivity contribution < 1.29 is 0 Å². The predicted octanol–water partition coefficient (Wildman–Crippen LogP) is 12.6. The van der Waals surface area contributed by atoms with Crippen molar-refractivity contribution >= 4 is 15.7 Å². The first-order chi connectivity index (χ1) is 27.8. The fourth-order valence-corrected chi connectivity index (χ4v) is 10.6. The molecule has 0 saturated heterocycles. The van der Waals surface area contributed by atoms with Crippen LogP contribution in [0.15, 0.2) is 182 Å². The maximum atomic E-state index is 7.38. The SMILES string of the molecule is [B]C(C)(C)C1([B])c2ccccc2-c2ccc(Cc3ccc4c(c3)C(c3ccccc3)(c3ccc(-c5cccc6c5Cc5ccccc5-6)cc3)c3ccccc3-4)cc21. The molecule has 8 aromatic carbocycles. The highest BCUT2D eigenvalue weighted by molar-refractivity contribution is 6.30. The van der Waals surface area contributed by atoms with E-state index in [-0.39, 0.29) is 0 Å². The Hall–Kier alpha value is -6.11. The van der Waals surface area contributed by atoms with Gasteiger partial charge in [-0.05, 0) is 118 Å². The van der Waals surface area contributed by atoms with Gasteiger partial charge in [0, 0.05) is 0 Å². The van der Waals surface area contributed by atoms with Crippen molar-refractivity contribution in [3.63, 3.8) is 0 Å². The number of rotatable bonds is 6. The molecule has 2 unspecified atom stereocenters. The first-order valence-electron chi connectivity index (χ1n) is 20.2. The molecule has 0 bridgehead atoms. The van der Waals surface area contributed by atoms with Crippen LogP contribution in [-0.2, 0) is 23.6 Å². The van der Waals surface area contributed by atoms with Gasteiger partial charge in [0.15, 0.2) is 0 Å². The highest BCUT2D eigenvalue weighted by atomic mass is 14.5. The lowest BCUT2D eigenvalue weighted by atomic mass is 9.42. The van der Waals surface area contributed by atoms with Crippen molar-refractivity contribution in [3.05, 3.63) is 238 Å². The van der Waals surface area contributed by atoms with E-state index >= 15 is 0 Å². The van der Waals surface area contributed by atoms with Gasteiger partial charge < -0.3 is 0 Å². The molecular formula is C55H40B2. The summed E-state index contributed by atoms with van der Waals surface area (Å²) in [4.78, 5) is 0. The van der Waals surface area contributed by atoms with Crippen molar-refractivity contribution in [2.75, 3.05) is 0 Å². The molecule has 11 rings (SSSR count). The summed E-state index contributed by atoms with van der Waals surface area (Å²) in [6.45, 7) is 4.09. The molecular weight excluding hydrogens is 682 g/mol. The van der Waals surface area contributed by atoms with Crippen LogP contribution in [0.5, 0.6) is 0 Å². The zero-order valence-corrected chi connectivity index (χ0v) is 32.4. The maximum absolute atomic E-state index is 7.38. The second kappa shape index (κ2) is 12.4. The van der Waals surface area contributed by atoms with E-state index in [1.54, 1.807) is 0 Å². The third kappa shape index (κ3) is 4.83. The van der Waals surface area contributed by atoms with E-state index in [2.05, 4.69) is 182 Å². The Morgan fingerprint density at radius 3 is 1.70 bits per heavy atom. The van der Waals surface area contributed by atoms with Crippen LogP contribution in [0, 0.1) is 0 Å². The summed E-state index contributed by atoms with van der Waals surface area (Å²) in [5, 5.41) is -1.46. The fraction of sp³-hybridized carbons (Fsp3) is 0.127. The monoisotopic (exact) mass is 722 g/mol. The molecule has 0 amide bonds. The Bertz CT molecular complexity index is 2900. The van der Waals surface area contributed by atoms with Crippen LogP contribution < -0.4 is 0 Å². The first kappa shape index (κ1) is 34.2. The second-order valence-electron chi connectivity index (χ2n) is 16.9. The molecule has 0 N–H and O–H groups in total. The van der Waals surface area contributed by atoms with Crippen LogP contribution in [0.25, 0.3) is 44.5 Å². The van der Waals surface area contributed by atoms with E-state index in [1.807, 2.05) is 13.8 Å². The molecule has 0 fully saturated rings. The summed E-state index contributed by atoms with van der Waals surface area (Å²) >= 11 is 0. The lowest BCUT2D eigenvalue weighted by Crippen LogP contribution is -2.37. The number of benzene rings is 8. The van der Waals surface area contributed by atoms with E-state index in [4.69, 9.17) is 15.7 Å². The quantitative estimate of drug-likeness (QED) is 0.150. The number of fused-ring (bicyclic) bond motifs is 9. The Balaban J connectivity index is 1.04. The van der Waals surface area contributed by atoms with Gasteiger partial charge >= 0.3 is 0 Å². The lowest BCUT2D eigenvalue weighted by Gasteiger charge is -2.42. The van der Waals surface area contributed by atoms with Crippen molar-refractivity contribution in [1.82, 2.24) is 0 Å². The Morgan fingerprint density at radius 2 is 0.982 bits per heavy atom. The van der Waals surface area contributed by atoms with Gasteiger partial charge in [0.25, 0.3) is 0 Å². The average Bonchev–Trinajstić information content (AvgIpc) is 3.86. The molecule has 8 aromatic rings. The molecule has 57 heavy (non-hydrogen) atoms.